The molecule has 0 bridgehead atoms. The average molecular weight is 831 g/mol. The summed E-state index contributed by atoms with van der Waals surface area (Å²) >= 11 is 0. The quantitative estimate of drug-likeness (QED) is 0.148. The lowest BCUT2D eigenvalue weighted by atomic mass is 9.81. The number of aromatic nitrogens is 6. The third-order valence-electron chi connectivity index (χ3n) is 14.8. The molecule has 8 nitrogen and oxygen atoms in total. The van der Waals surface area contributed by atoms with Gasteiger partial charge in [0, 0.05) is 42.1 Å². The molecule has 316 valence electrons. The van der Waals surface area contributed by atoms with E-state index in [-0.39, 0.29) is 34.2 Å². The second kappa shape index (κ2) is 16.4. The molecule has 0 saturated heterocycles. The number of alkyl halides is 2. The highest BCUT2D eigenvalue weighted by atomic mass is 28.4. The summed E-state index contributed by atoms with van der Waals surface area (Å²) in [6.07, 6.45) is 19.2. The molecular formula is C46H68F2N6O2Si2. The van der Waals surface area contributed by atoms with Crippen LogP contribution in [0, 0.1) is 5.92 Å². The number of rotatable bonds is 10. The van der Waals surface area contributed by atoms with Crippen LogP contribution in [-0.2, 0) is 8.85 Å². The number of nitrogens with zero attached hydrogens (tertiary/aromatic N) is 6. The Kier molecular flexibility index (Phi) is 12.2. The second-order valence-electron chi connectivity index (χ2n) is 20.7. The van der Waals surface area contributed by atoms with E-state index in [4.69, 9.17) is 8.85 Å². The van der Waals surface area contributed by atoms with Crippen LogP contribution in [0.5, 0.6) is 0 Å². The first-order valence-electron chi connectivity index (χ1n) is 21.9. The van der Waals surface area contributed by atoms with Crippen LogP contribution in [-0.4, -0.2) is 69.8 Å². The summed E-state index contributed by atoms with van der Waals surface area (Å²) in [6, 6.07) is 8.10. The summed E-state index contributed by atoms with van der Waals surface area (Å²) in [7, 11) is -3.55. The first kappa shape index (κ1) is 43.0. The molecular weight excluding hydrogens is 763 g/mol. The van der Waals surface area contributed by atoms with Crippen molar-refractivity contribution in [2.24, 2.45) is 5.92 Å². The Labute approximate surface area is 348 Å². The van der Waals surface area contributed by atoms with Crippen molar-refractivity contribution < 1.29 is 17.6 Å². The zero-order chi connectivity index (χ0) is 41.7. The van der Waals surface area contributed by atoms with Gasteiger partial charge in [0.1, 0.15) is 11.8 Å². The molecule has 0 spiro atoms. The van der Waals surface area contributed by atoms with Crippen molar-refractivity contribution in [3.05, 3.63) is 73.1 Å². The standard InChI is InChI=1S/2C23H34FN3OSi/c1-22(2,3)29(4,5)28-17-8-11-23(24,12-9-17)13-10-19-21-18(7-6-14-26-21)20-15-25-16-27(19)20;1-23(2,3)29(4,5)28-17-10-8-16(9-11-17)19(24)13-20-22-18(7-6-12-26-22)21-14-25-15-27(20)21/h6-7,14-17,19H,8-13H2,1-5H3;6-7,12,14-17,19-20H,8-11,13H2,1-5H3. The smallest absolute Gasteiger partial charge is 0.192 e. The molecule has 2 aliphatic heterocycles. The van der Waals surface area contributed by atoms with Crippen LogP contribution in [0.15, 0.2) is 61.7 Å². The van der Waals surface area contributed by atoms with Gasteiger partial charge in [-0.05, 0) is 131 Å². The number of hydrogen-bond donors (Lipinski definition) is 0. The highest BCUT2D eigenvalue weighted by Crippen LogP contribution is 2.47. The highest BCUT2D eigenvalue weighted by Gasteiger charge is 2.44. The van der Waals surface area contributed by atoms with Crippen LogP contribution in [0.4, 0.5) is 8.78 Å². The van der Waals surface area contributed by atoms with E-state index in [9.17, 15) is 0 Å². The maximum Gasteiger partial charge on any atom is 0.192 e. The first-order chi connectivity index (χ1) is 27.3. The van der Waals surface area contributed by atoms with Crippen molar-refractivity contribution in [2.75, 3.05) is 0 Å². The van der Waals surface area contributed by atoms with E-state index in [2.05, 4.69) is 109 Å². The Hall–Kier alpha value is -3.07. The van der Waals surface area contributed by atoms with Crippen LogP contribution in [0.2, 0.25) is 36.3 Å². The van der Waals surface area contributed by atoms with Gasteiger partial charge in [-0.15, -0.1) is 0 Å². The summed E-state index contributed by atoms with van der Waals surface area (Å²) in [5.74, 6) is 0.119. The van der Waals surface area contributed by atoms with Crippen molar-refractivity contribution in [1.82, 2.24) is 29.1 Å². The minimum Gasteiger partial charge on any atom is -0.414 e. The molecule has 4 aliphatic rings. The summed E-state index contributed by atoms with van der Waals surface area (Å²) in [5, 5.41) is 0.417. The monoisotopic (exact) mass is 830 g/mol. The molecule has 0 N–H and O–H groups in total. The molecule has 2 fully saturated rings. The van der Waals surface area contributed by atoms with Gasteiger partial charge in [-0.25, -0.2) is 18.7 Å². The first-order valence-corrected chi connectivity index (χ1v) is 27.7. The van der Waals surface area contributed by atoms with E-state index >= 15 is 8.78 Å². The second-order valence-corrected chi connectivity index (χ2v) is 30.2. The fourth-order valence-corrected chi connectivity index (χ4v) is 12.0. The zero-order valence-corrected chi connectivity index (χ0v) is 38.8. The van der Waals surface area contributed by atoms with Gasteiger partial charge in [-0.1, -0.05) is 41.5 Å². The van der Waals surface area contributed by atoms with Crippen LogP contribution < -0.4 is 0 Å². The third kappa shape index (κ3) is 8.86. The van der Waals surface area contributed by atoms with Crippen molar-refractivity contribution in [3.63, 3.8) is 0 Å². The van der Waals surface area contributed by atoms with Gasteiger partial charge in [0.15, 0.2) is 16.6 Å². The fourth-order valence-electron chi connectivity index (χ4n) is 9.12. The molecule has 2 aliphatic carbocycles. The maximum atomic E-state index is 15.7. The number of halogens is 2. The molecule has 0 aromatic carbocycles. The van der Waals surface area contributed by atoms with Crippen molar-refractivity contribution in [2.45, 2.75) is 185 Å². The normalized spacial score (nSPS) is 26.2. The average Bonchev–Trinajstić information content (AvgIpc) is 3.95. The number of imidazole rings is 2. The van der Waals surface area contributed by atoms with Crippen LogP contribution in [0.1, 0.15) is 136 Å². The Morgan fingerprint density at radius 2 is 1.19 bits per heavy atom. The lowest BCUT2D eigenvalue weighted by Gasteiger charge is -2.42. The van der Waals surface area contributed by atoms with Gasteiger partial charge in [0.2, 0.25) is 0 Å². The topological polar surface area (TPSA) is 79.9 Å². The number of pyridine rings is 2. The molecule has 4 aromatic rings. The Balaban J connectivity index is 0.000000177. The summed E-state index contributed by atoms with van der Waals surface area (Å²) < 4.78 is 48.4. The fraction of sp³-hybridized carbons (Fsp3) is 0.652. The largest absolute Gasteiger partial charge is 0.414 e. The van der Waals surface area contributed by atoms with Crippen molar-refractivity contribution >= 4 is 16.6 Å². The summed E-state index contributed by atoms with van der Waals surface area (Å²) in [4.78, 5) is 17.7. The van der Waals surface area contributed by atoms with Crippen LogP contribution in [0.25, 0.3) is 22.5 Å². The predicted octanol–water partition coefficient (Wildman–Crippen LogP) is 12.5. The molecule has 0 radical (unpaired) electrons. The lowest BCUT2D eigenvalue weighted by Crippen LogP contribution is -2.46. The molecule has 3 unspecified atom stereocenters. The van der Waals surface area contributed by atoms with Gasteiger partial charge in [0.25, 0.3) is 0 Å². The van der Waals surface area contributed by atoms with E-state index < -0.39 is 28.5 Å². The van der Waals surface area contributed by atoms with Gasteiger partial charge in [-0.2, -0.15) is 0 Å². The Morgan fingerprint density at radius 3 is 1.69 bits per heavy atom. The zero-order valence-electron chi connectivity index (χ0n) is 36.8. The number of hydrogen-bond acceptors (Lipinski definition) is 6. The summed E-state index contributed by atoms with van der Waals surface area (Å²) in [5.41, 5.74) is 5.33. The molecule has 8 rings (SSSR count). The SMILES string of the molecule is CC(C)(C)[Si](C)(C)OC1CCC(C(F)CC2c3ncccc3-c3cncn32)CC1.CC(C)(C)[Si](C)(C)OC1CCC(F)(CCC2c3ncccc3-c3cncn32)CC1. The van der Waals surface area contributed by atoms with Gasteiger partial charge in [-0.3, -0.25) is 9.97 Å². The van der Waals surface area contributed by atoms with Crippen LogP contribution in [0.3, 0.4) is 0 Å². The Bertz CT molecular complexity index is 2000. The van der Waals surface area contributed by atoms with E-state index in [0.717, 1.165) is 78.8 Å². The van der Waals surface area contributed by atoms with Gasteiger partial charge in [0.05, 0.1) is 59.9 Å². The molecule has 6 heterocycles. The maximum absolute atomic E-state index is 15.7. The molecule has 4 aromatic heterocycles. The van der Waals surface area contributed by atoms with Crippen molar-refractivity contribution in [1.29, 1.82) is 0 Å². The Morgan fingerprint density at radius 1 is 0.724 bits per heavy atom. The molecule has 2 saturated carbocycles. The van der Waals surface area contributed by atoms with E-state index in [0.29, 0.717) is 31.8 Å². The number of fused-ring (bicyclic) bond motifs is 6. The third-order valence-corrected chi connectivity index (χ3v) is 23.8. The van der Waals surface area contributed by atoms with Gasteiger partial charge < -0.3 is 18.0 Å². The minimum atomic E-state index is -1.79. The minimum absolute atomic E-state index is 0.0418. The molecule has 3 atom stereocenters. The van der Waals surface area contributed by atoms with Crippen LogP contribution >= 0.6 is 0 Å². The molecule has 58 heavy (non-hydrogen) atoms. The van der Waals surface area contributed by atoms with Gasteiger partial charge >= 0.3 is 0 Å². The van der Waals surface area contributed by atoms with E-state index in [1.807, 2.05) is 49.6 Å². The van der Waals surface area contributed by atoms with E-state index in [1.165, 1.54) is 0 Å². The molecule has 0 amide bonds. The van der Waals surface area contributed by atoms with E-state index in [1.54, 1.807) is 0 Å². The van der Waals surface area contributed by atoms with Crippen molar-refractivity contribution in [3.8, 4) is 22.5 Å². The highest BCUT2D eigenvalue weighted by molar-refractivity contribution is 6.74. The predicted molar refractivity (Wildman–Crippen MR) is 234 cm³/mol. The summed E-state index contributed by atoms with van der Waals surface area (Å²) in [6.45, 7) is 22.8. The lowest BCUT2D eigenvalue weighted by molar-refractivity contribution is 0.0302. The molecule has 12 heteroatoms.